The molecule has 1 saturated carbocycles. The molecule has 1 aromatic rings. The minimum atomic E-state index is -0.347. The Bertz CT molecular complexity index is 507. The number of aliphatic hydroxyl groups excluding tert-OH is 1. The zero-order chi connectivity index (χ0) is 15.1. The molecule has 0 unspecified atom stereocenters. The van der Waals surface area contributed by atoms with Crippen LogP contribution in [0.3, 0.4) is 0 Å². The van der Waals surface area contributed by atoms with Crippen molar-refractivity contribution in [3.05, 3.63) is 41.7 Å². The molecule has 0 spiro atoms. The van der Waals surface area contributed by atoms with E-state index in [0.29, 0.717) is 12.1 Å². The van der Waals surface area contributed by atoms with Gasteiger partial charge in [0.2, 0.25) is 5.91 Å². The molecule has 2 rings (SSSR count). The summed E-state index contributed by atoms with van der Waals surface area (Å²) in [5.74, 6) is -0.600. The zero-order valence-corrected chi connectivity index (χ0v) is 12.1. The number of carbonyl (C=O) groups excluding carboxylic acids is 1. The summed E-state index contributed by atoms with van der Waals surface area (Å²) in [6, 6.07) is 6.32. The van der Waals surface area contributed by atoms with Crippen LogP contribution in [0.1, 0.15) is 37.7 Å². The molecule has 0 aliphatic heterocycles. The third kappa shape index (κ3) is 4.39. The quantitative estimate of drug-likeness (QED) is 0.820. The van der Waals surface area contributed by atoms with Gasteiger partial charge < -0.3 is 10.4 Å². The van der Waals surface area contributed by atoms with E-state index in [2.05, 4.69) is 5.32 Å². The number of amides is 1. The lowest BCUT2D eigenvalue weighted by atomic mass is 9.74. The Kier molecular flexibility index (Phi) is 5.51. The van der Waals surface area contributed by atoms with Crippen molar-refractivity contribution in [2.75, 3.05) is 13.2 Å². The second-order valence-electron chi connectivity index (χ2n) is 5.79. The van der Waals surface area contributed by atoms with Gasteiger partial charge in [-0.1, -0.05) is 37.5 Å². The fraction of sp³-hybridized carbons (Fsp3) is 0.471. The molecular weight excluding hydrogens is 269 g/mol. The molecule has 1 aliphatic carbocycles. The summed E-state index contributed by atoms with van der Waals surface area (Å²) < 4.78 is 13.4. The monoisotopic (exact) mass is 291 g/mol. The fourth-order valence-corrected chi connectivity index (χ4v) is 2.80. The van der Waals surface area contributed by atoms with Crippen LogP contribution in [-0.2, 0) is 4.79 Å². The number of aliphatic hydroxyl groups is 1. The van der Waals surface area contributed by atoms with Crippen molar-refractivity contribution in [2.45, 2.75) is 32.1 Å². The zero-order valence-electron chi connectivity index (χ0n) is 12.1. The first-order valence-electron chi connectivity index (χ1n) is 7.47. The summed E-state index contributed by atoms with van der Waals surface area (Å²) in [6.45, 7) is 0.578. The van der Waals surface area contributed by atoms with Crippen LogP contribution in [0.15, 0.2) is 30.3 Å². The maximum absolute atomic E-state index is 13.4. The van der Waals surface area contributed by atoms with Crippen LogP contribution in [0.5, 0.6) is 0 Å². The highest BCUT2D eigenvalue weighted by Gasteiger charge is 2.31. The number of benzene rings is 1. The molecule has 0 aromatic heterocycles. The van der Waals surface area contributed by atoms with Crippen molar-refractivity contribution in [3.8, 4) is 0 Å². The number of hydrogen-bond donors (Lipinski definition) is 2. The molecule has 3 nitrogen and oxygen atoms in total. The summed E-state index contributed by atoms with van der Waals surface area (Å²) >= 11 is 0. The van der Waals surface area contributed by atoms with E-state index >= 15 is 0 Å². The average molecular weight is 291 g/mol. The first-order valence-corrected chi connectivity index (χ1v) is 7.47. The SMILES string of the molecule is O=C(/C=C/c1ccccc1F)NCC1(CO)CCCCC1. The molecule has 1 aliphatic rings. The van der Waals surface area contributed by atoms with Gasteiger partial charge in [-0.25, -0.2) is 4.39 Å². The van der Waals surface area contributed by atoms with Crippen molar-refractivity contribution in [2.24, 2.45) is 5.41 Å². The predicted molar refractivity (Wildman–Crippen MR) is 81.0 cm³/mol. The second kappa shape index (κ2) is 7.36. The van der Waals surface area contributed by atoms with E-state index in [1.807, 2.05) is 0 Å². The molecule has 1 amide bonds. The molecule has 0 bridgehead atoms. The van der Waals surface area contributed by atoms with E-state index in [0.717, 1.165) is 25.7 Å². The summed E-state index contributed by atoms with van der Waals surface area (Å²) in [4.78, 5) is 11.8. The van der Waals surface area contributed by atoms with Gasteiger partial charge in [0.15, 0.2) is 0 Å². The Balaban J connectivity index is 1.88. The smallest absolute Gasteiger partial charge is 0.244 e. The lowest BCUT2D eigenvalue weighted by molar-refractivity contribution is -0.117. The summed E-state index contributed by atoms with van der Waals surface area (Å²) in [5, 5.41) is 12.4. The highest BCUT2D eigenvalue weighted by molar-refractivity contribution is 5.91. The molecule has 4 heteroatoms. The van der Waals surface area contributed by atoms with Crippen LogP contribution in [0, 0.1) is 11.2 Å². The molecule has 0 atom stereocenters. The van der Waals surface area contributed by atoms with Gasteiger partial charge in [0, 0.05) is 23.6 Å². The van der Waals surface area contributed by atoms with Gasteiger partial charge in [0.1, 0.15) is 5.82 Å². The molecule has 0 saturated heterocycles. The van der Waals surface area contributed by atoms with E-state index in [4.69, 9.17) is 0 Å². The highest BCUT2D eigenvalue weighted by atomic mass is 19.1. The fourth-order valence-electron chi connectivity index (χ4n) is 2.80. The van der Waals surface area contributed by atoms with Gasteiger partial charge in [-0.2, -0.15) is 0 Å². The van der Waals surface area contributed by atoms with Crippen LogP contribution in [0.4, 0.5) is 4.39 Å². The van der Waals surface area contributed by atoms with Gasteiger partial charge in [-0.15, -0.1) is 0 Å². The standard InChI is InChI=1S/C17H22FNO2/c18-15-7-3-2-6-14(15)8-9-16(21)19-12-17(13-20)10-4-1-5-11-17/h2-3,6-9,20H,1,4-5,10-13H2,(H,19,21)/b9-8+. The van der Waals surface area contributed by atoms with E-state index in [-0.39, 0.29) is 23.7 Å². The maximum atomic E-state index is 13.4. The maximum Gasteiger partial charge on any atom is 0.244 e. The van der Waals surface area contributed by atoms with Crippen LogP contribution >= 0.6 is 0 Å². The lowest BCUT2D eigenvalue weighted by Gasteiger charge is -2.35. The topological polar surface area (TPSA) is 49.3 Å². The van der Waals surface area contributed by atoms with E-state index in [9.17, 15) is 14.3 Å². The van der Waals surface area contributed by atoms with Gasteiger partial charge in [0.25, 0.3) is 0 Å². The van der Waals surface area contributed by atoms with Crippen LogP contribution < -0.4 is 5.32 Å². The Labute approximate surface area is 124 Å². The number of hydrogen-bond acceptors (Lipinski definition) is 2. The highest BCUT2D eigenvalue weighted by Crippen LogP contribution is 2.35. The predicted octanol–water partition coefficient (Wildman–Crippen LogP) is 2.90. The molecule has 0 radical (unpaired) electrons. The molecule has 0 heterocycles. The third-order valence-electron chi connectivity index (χ3n) is 4.21. The number of rotatable bonds is 5. The Morgan fingerprint density at radius 2 is 2.00 bits per heavy atom. The molecular formula is C17H22FNO2. The van der Waals surface area contributed by atoms with Gasteiger partial charge in [0.05, 0.1) is 6.61 Å². The molecule has 2 N–H and O–H groups in total. The Morgan fingerprint density at radius 3 is 2.67 bits per heavy atom. The first-order chi connectivity index (χ1) is 10.2. The number of nitrogens with one attached hydrogen (secondary N) is 1. The van der Waals surface area contributed by atoms with Crippen molar-refractivity contribution < 1.29 is 14.3 Å². The van der Waals surface area contributed by atoms with Crippen LogP contribution in [0.25, 0.3) is 6.08 Å². The van der Waals surface area contributed by atoms with Crippen molar-refractivity contribution in [1.82, 2.24) is 5.32 Å². The van der Waals surface area contributed by atoms with E-state index < -0.39 is 0 Å². The van der Waals surface area contributed by atoms with Crippen LogP contribution in [-0.4, -0.2) is 24.2 Å². The van der Waals surface area contributed by atoms with Crippen molar-refractivity contribution in [1.29, 1.82) is 0 Å². The van der Waals surface area contributed by atoms with Crippen LogP contribution in [0.2, 0.25) is 0 Å². The van der Waals surface area contributed by atoms with Crippen molar-refractivity contribution in [3.63, 3.8) is 0 Å². The molecule has 114 valence electrons. The lowest BCUT2D eigenvalue weighted by Crippen LogP contribution is -2.40. The molecule has 21 heavy (non-hydrogen) atoms. The molecule has 1 aromatic carbocycles. The summed E-state index contributed by atoms with van der Waals surface area (Å²) in [7, 11) is 0. The Hall–Kier alpha value is -1.68. The van der Waals surface area contributed by atoms with E-state index in [1.165, 1.54) is 24.6 Å². The normalized spacial score (nSPS) is 17.8. The third-order valence-corrected chi connectivity index (χ3v) is 4.21. The largest absolute Gasteiger partial charge is 0.396 e. The minimum Gasteiger partial charge on any atom is -0.396 e. The second-order valence-corrected chi connectivity index (χ2v) is 5.79. The summed E-state index contributed by atoms with van der Waals surface area (Å²) in [6.07, 6.45) is 8.09. The Morgan fingerprint density at radius 1 is 1.29 bits per heavy atom. The minimum absolute atomic E-state index is 0.101. The number of carbonyl (C=O) groups is 1. The van der Waals surface area contributed by atoms with Crippen molar-refractivity contribution >= 4 is 12.0 Å². The van der Waals surface area contributed by atoms with Gasteiger partial charge in [-0.3, -0.25) is 4.79 Å². The first kappa shape index (κ1) is 15.7. The van der Waals surface area contributed by atoms with E-state index in [1.54, 1.807) is 18.2 Å². The number of halogens is 1. The van der Waals surface area contributed by atoms with Gasteiger partial charge >= 0.3 is 0 Å². The summed E-state index contributed by atoms with van der Waals surface area (Å²) in [5.41, 5.74) is 0.210. The average Bonchev–Trinajstić information content (AvgIpc) is 2.53. The molecule has 1 fully saturated rings. The van der Waals surface area contributed by atoms with Gasteiger partial charge in [-0.05, 0) is 25.0 Å².